The van der Waals surface area contributed by atoms with Crippen LogP contribution in [0, 0.1) is 0 Å². The highest BCUT2D eigenvalue weighted by atomic mass is 32.2. The fourth-order valence-electron chi connectivity index (χ4n) is 3.11. The van der Waals surface area contributed by atoms with E-state index in [1.54, 1.807) is 16.7 Å². The molecule has 7 nitrogen and oxygen atoms in total. The molecule has 0 aromatic heterocycles. The molecule has 8 heteroatoms. The molecule has 1 saturated heterocycles. The van der Waals surface area contributed by atoms with Crippen LogP contribution in [0.15, 0.2) is 29.2 Å². The summed E-state index contributed by atoms with van der Waals surface area (Å²) in [6, 6.07) is 7.70. The van der Waals surface area contributed by atoms with Crippen molar-refractivity contribution in [2.24, 2.45) is 0 Å². The molecule has 1 atom stereocenters. The second-order valence-corrected chi connectivity index (χ2v) is 8.06. The van der Waals surface area contributed by atoms with Crippen LogP contribution in [0.2, 0.25) is 0 Å². The number of thioether (sulfide) groups is 1. The lowest BCUT2D eigenvalue weighted by atomic mass is 10.2. The predicted molar refractivity (Wildman–Crippen MR) is 100 cm³/mol. The van der Waals surface area contributed by atoms with Crippen molar-refractivity contribution >= 4 is 41.1 Å². The average Bonchev–Trinajstić information content (AvgIpc) is 2.86. The lowest BCUT2D eigenvalue weighted by molar-refractivity contribution is -0.149. The van der Waals surface area contributed by atoms with Crippen LogP contribution >= 0.6 is 11.8 Å². The van der Waals surface area contributed by atoms with Crippen molar-refractivity contribution in [3.8, 4) is 0 Å². The molecule has 3 amide bonds. The Kier molecular flexibility index (Phi) is 6.15. The van der Waals surface area contributed by atoms with E-state index in [1.165, 1.54) is 0 Å². The highest BCUT2D eigenvalue weighted by Crippen LogP contribution is 2.37. The third-order valence-corrected chi connectivity index (χ3v) is 5.83. The number of amides is 3. The van der Waals surface area contributed by atoms with E-state index >= 15 is 0 Å². The van der Waals surface area contributed by atoms with E-state index in [2.05, 4.69) is 6.92 Å². The maximum Gasteiger partial charge on any atom is 0.308 e. The summed E-state index contributed by atoms with van der Waals surface area (Å²) in [5, 5.41) is 0.391. The van der Waals surface area contributed by atoms with Crippen LogP contribution in [-0.2, 0) is 23.9 Å². The molecule has 2 aliphatic rings. The minimum Gasteiger partial charge on any atom is -0.455 e. The highest BCUT2D eigenvalue weighted by molar-refractivity contribution is 8.00. The van der Waals surface area contributed by atoms with E-state index in [1.807, 2.05) is 24.3 Å². The van der Waals surface area contributed by atoms with Crippen LogP contribution in [0.1, 0.15) is 32.6 Å². The zero-order valence-corrected chi connectivity index (χ0v) is 16.0. The summed E-state index contributed by atoms with van der Waals surface area (Å²) in [6.45, 7) is 2.34. The number of likely N-dealkylation sites (tertiary alicyclic amines) is 1. The topological polar surface area (TPSA) is 84.0 Å². The molecule has 3 rings (SSSR count). The van der Waals surface area contributed by atoms with Crippen molar-refractivity contribution in [3.63, 3.8) is 0 Å². The van der Waals surface area contributed by atoms with Gasteiger partial charge in [0.15, 0.2) is 6.61 Å². The van der Waals surface area contributed by atoms with Crippen molar-refractivity contribution in [1.29, 1.82) is 0 Å². The number of rotatable bonds is 5. The number of imide groups is 1. The van der Waals surface area contributed by atoms with Crippen molar-refractivity contribution in [3.05, 3.63) is 24.3 Å². The molecule has 1 fully saturated rings. The number of esters is 1. The molecule has 2 aliphatic heterocycles. The molecule has 2 heterocycles. The number of nitrogens with zero attached hydrogens (tertiary/aromatic N) is 2. The molecule has 0 saturated carbocycles. The number of carbonyl (C=O) groups excluding carboxylic acids is 4. The van der Waals surface area contributed by atoms with Crippen molar-refractivity contribution in [1.82, 2.24) is 4.90 Å². The van der Waals surface area contributed by atoms with E-state index in [9.17, 15) is 19.2 Å². The van der Waals surface area contributed by atoms with Gasteiger partial charge in [-0.1, -0.05) is 19.1 Å². The van der Waals surface area contributed by atoms with Crippen LogP contribution in [0.25, 0.3) is 0 Å². The Bertz CT molecular complexity index is 750. The molecule has 144 valence electrons. The Labute approximate surface area is 162 Å². The van der Waals surface area contributed by atoms with Gasteiger partial charge in [-0.15, -0.1) is 11.8 Å². The Morgan fingerprint density at radius 2 is 1.89 bits per heavy atom. The van der Waals surface area contributed by atoms with E-state index in [0.29, 0.717) is 11.8 Å². The van der Waals surface area contributed by atoms with Crippen LogP contribution in [0.4, 0.5) is 5.69 Å². The second-order valence-electron chi connectivity index (χ2n) is 6.58. The number of hydrogen-bond acceptors (Lipinski definition) is 6. The molecule has 0 N–H and O–H groups in total. The smallest absolute Gasteiger partial charge is 0.308 e. The molecule has 1 aromatic rings. The van der Waals surface area contributed by atoms with Gasteiger partial charge in [0.1, 0.15) is 0 Å². The number of fused-ring (bicyclic) bond motifs is 1. The monoisotopic (exact) mass is 390 g/mol. The van der Waals surface area contributed by atoms with Gasteiger partial charge < -0.3 is 9.64 Å². The minimum atomic E-state index is -0.596. The largest absolute Gasteiger partial charge is 0.455 e. The number of para-hydroxylation sites is 1. The zero-order chi connectivity index (χ0) is 19.4. The first-order valence-electron chi connectivity index (χ1n) is 9.00. The Morgan fingerprint density at radius 3 is 2.63 bits per heavy atom. The molecular weight excluding hydrogens is 368 g/mol. The number of anilines is 1. The number of hydrogen-bond donors (Lipinski definition) is 0. The molecule has 0 radical (unpaired) electrons. The Balaban J connectivity index is 1.54. The van der Waals surface area contributed by atoms with E-state index in [4.69, 9.17) is 4.74 Å². The maximum atomic E-state index is 12.6. The summed E-state index contributed by atoms with van der Waals surface area (Å²) in [7, 11) is 0. The third-order valence-electron chi connectivity index (χ3n) is 4.60. The third kappa shape index (κ3) is 4.68. The summed E-state index contributed by atoms with van der Waals surface area (Å²) in [5.74, 6) is -1.41. The molecule has 27 heavy (non-hydrogen) atoms. The molecule has 0 spiro atoms. The van der Waals surface area contributed by atoms with Crippen molar-refractivity contribution in [2.45, 2.75) is 42.8 Å². The summed E-state index contributed by atoms with van der Waals surface area (Å²) < 4.78 is 5.08. The quantitative estimate of drug-likeness (QED) is 0.565. The van der Waals surface area contributed by atoms with Crippen molar-refractivity contribution < 1.29 is 23.9 Å². The second kappa shape index (κ2) is 8.56. The number of carbonyl (C=O) groups is 4. The standard InChI is InChI=1S/C19H22N2O5S/c1-13-8-10-20(14-4-2-3-5-15(14)27-13)18(24)12-26-19(25)9-11-21-16(22)6-7-17(21)23/h2-5,13H,6-12H2,1H3. The minimum absolute atomic E-state index is 0.00535. The van der Waals surface area contributed by atoms with Gasteiger partial charge in [-0.25, -0.2) is 0 Å². The van der Waals surface area contributed by atoms with Crippen LogP contribution < -0.4 is 4.90 Å². The van der Waals surface area contributed by atoms with Gasteiger partial charge in [-0.2, -0.15) is 0 Å². The lowest BCUT2D eigenvalue weighted by Crippen LogP contribution is -2.36. The molecule has 0 bridgehead atoms. The van der Waals surface area contributed by atoms with Gasteiger partial charge >= 0.3 is 5.97 Å². The molecule has 1 aromatic carbocycles. The van der Waals surface area contributed by atoms with E-state index in [0.717, 1.165) is 21.9 Å². The normalized spacial score (nSPS) is 19.7. The van der Waals surface area contributed by atoms with Gasteiger partial charge in [-0.05, 0) is 18.6 Å². The number of benzene rings is 1. The average molecular weight is 390 g/mol. The number of ether oxygens (including phenoxy) is 1. The van der Waals surface area contributed by atoms with Crippen LogP contribution in [-0.4, -0.2) is 53.5 Å². The Hall–Kier alpha value is -2.35. The lowest BCUT2D eigenvalue weighted by Gasteiger charge is -2.22. The fraction of sp³-hybridized carbons (Fsp3) is 0.474. The van der Waals surface area contributed by atoms with E-state index in [-0.39, 0.29) is 50.1 Å². The predicted octanol–water partition coefficient (Wildman–Crippen LogP) is 1.99. The van der Waals surface area contributed by atoms with Crippen molar-refractivity contribution in [2.75, 3.05) is 24.6 Å². The van der Waals surface area contributed by atoms with Gasteiger partial charge in [0, 0.05) is 36.1 Å². The maximum absolute atomic E-state index is 12.6. The first-order chi connectivity index (χ1) is 13.0. The fourth-order valence-corrected chi connectivity index (χ4v) is 4.23. The first-order valence-corrected chi connectivity index (χ1v) is 9.88. The molecule has 1 unspecified atom stereocenters. The zero-order valence-electron chi connectivity index (χ0n) is 15.2. The summed E-state index contributed by atoms with van der Waals surface area (Å²) >= 11 is 1.73. The Morgan fingerprint density at radius 1 is 1.19 bits per heavy atom. The van der Waals surface area contributed by atoms with Gasteiger partial charge in [0.05, 0.1) is 12.1 Å². The van der Waals surface area contributed by atoms with Crippen LogP contribution in [0.3, 0.4) is 0 Å². The SMILES string of the molecule is CC1CCN(C(=O)COC(=O)CCN2C(=O)CCC2=O)c2ccccc2S1. The first kappa shape index (κ1) is 19.4. The van der Waals surface area contributed by atoms with Gasteiger partial charge in [0.25, 0.3) is 5.91 Å². The van der Waals surface area contributed by atoms with E-state index < -0.39 is 5.97 Å². The summed E-state index contributed by atoms with van der Waals surface area (Å²) in [6.07, 6.45) is 1.13. The highest BCUT2D eigenvalue weighted by Gasteiger charge is 2.29. The summed E-state index contributed by atoms with van der Waals surface area (Å²) in [5.41, 5.74) is 0.834. The van der Waals surface area contributed by atoms with Gasteiger partial charge in [-0.3, -0.25) is 24.1 Å². The summed E-state index contributed by atoms with van der Waals surface area (Å²) in [4.78, 5) is 51.4. The molecule has 0 aliphatic carbocycles. The van der Waals surface area contributed by atoms with Gasteiger partial charge in [0.2, 0.25) is 11.8 Å². The molecular formula is C19H22N2O5S. The van der Waals surface area contributed by atoms with Crippen LogP contribution in [0.5, 0.6) is 0 Å².